The Hall–Kier alpha value is -0.790. The summed E-state index contributed by atoms with van der Waals surface area (Å²) in [6.07, 6.45) is 8.97. The highest BCUT2D eigenvalue weighted by Crippen LogP contribution is 1.87. The molecule has 0 aliphatic heterocycles. The van der Waals surface area contributed by atoms with Crippen LogP contribution >= 0.6 is 0 Å². The van der Waals surface area contributed by atoms with Gasteiger partial charge in [0.15, 0.2) is 0 Å². The number of unbranched alkanes of at least 4 members (excludes halogenated alkanes) is 1. The van der Waals surface area contributed by atoms with Gasteiger partial charge in [-0.1, -0.05) is 13.3 Å². The van der Waals surface area contributed by atoms with E-state index in [9.17, 15) is 0 Å². The van der Waals surface area contributed by atoms with Gasteiger partial charge in [-0.3, -0.25) is 0 Å². The lowest BCUT2D eigenvalue weighted by Gasteiger charge is -1.91. The number of hydrogen-bond donors (Lipinski definition) is 0. The van der Waals surface area contributed by atoms with E-state index >= 15 is 0 Å². The van der Waals surface area contributed by atoms with Gasteiger partial charge in [0.2, 0.25) is 6.33 Å². The maximum atomic E-state index is 2.24. The van der Waals surface area contributed by atoms with E-state index < -0.39 is 0 Å². The van der Waals surface area contributed by atoms with Crippen LogP contribution in [0.3, 0.4) is 0 Å². The van der Waals surface area contributed by atoms with Gasteiger partial charge in [0, 0.05) is 0 Å². The normalized spacial score (nSPS) is 10.4. The van der Waals surface area contributed by atoms with Crippen LogP contribution in [0.1, 0.15) is 26.7 Å². The number of aryl methyl sites for hydroxylation is 2. The molecule has 1 heterocycles. The van der Waals surface area contributed by atoms with E-state index in [1.165, 1.54) is 12.8 Å². The Bertz CT molecular complexity index is 203. The molecule has 0 unspecified atom stereocenters. The van der Waals surface area contributed by atoms with E-state index in [2.05, 4.69) is 41.7 Å². The summed E-state index contributed by atoms with van der Waals surface area (Å²) in [7, 11) is 0. The van der Waals surface area contributed by atoms with Gasteiger partial charge in [0.25, 0.3) is 0 Å². The van der Waals surface area contributed by atoms with Crippen molar-refractivity contribution in [2.24, 2.45) is 0 Å². The SMILES string of the molecule is CCCC[n+]1ccn(CC)c1. The topological polar surface area (TPSA) is 8.81 Å². The van der Waals surface area contributed by atoms with Crippen molar-refractivity contribution >= 4 is 0 Å². The van der Waals surface area contributed by atoms with Gasteiger partial charge >= 0.3 is 0 Å². The van der Waals surface area contributed by atoms with Crippen molar-refractivity contribution in [1.29, 1.82) is 0 Å². The van der Waals surface area contributed by atoms with E-state index in [1.54, 1.807) is 0 Å². The van der Waals surface area contributed by atoms with Crippen molar-refractivity contribution in [2.75, 3.05) is 0 Å². The van der Waals surface area contributed by atoms with E-state index in [1.807, 2.05) is 0 Å². The molecule has 11 heavy (non-hydrogen) atoms. The molecule has 1 rings (SSSR count). The zero-order valence-electron chi connectivity index (χ0n) is 7.45. The third-order valence-electron chi connectivity index (χ3n) is 1.88. The molecule has 0 aromatic carbocycles. The van der Waals surface area contributed by atoms with Gasteiger partial charge in [0.1, 0.15) is 12.4 Å². The molecule has 0 spiro atoms. The summed E-state index contributed by atoms with van der Waals surface area (Å²) in [6.45, 7) is 6.60. The fourth-order valence-electron chi connectivity index (χ4n) is 1.10. The molecular formula is C9H17N2+. The minimum atomic E-state index is 1.07. The Morgan fingerprint density at radius 1 is 1.36 bits per heavy atom. The lowest BCUT2D eigenvalue weighted by Crippen LogP contribution is -2.30. The summed E-state index contributed by atoms with van der Waals surface area (Å²) in [5, 5.41) is 0. The summed E-state index contributed by atoms with van der Waals surface area (Å²) in [6, 6.07) is 0. The summed E-state index contributed by atoms with van der Waals surface area (Å²) in [5.74, 6) is 0. The number of aromatic nitrogens is 2. The molecular weight excluding hydrogens is 136 g/mol. The van der Waals surface area contributed by atoms with E-state index in [4.69, 9.17) is 0 Å². The van der Waals surface area contributed by atoms with Crippen molar-refractivity contribution in [2.45, 2.75) is 39.8 Å². The number of nitrogens with zero attached hydrogens (tertiary/aromatic N) is 2. The smallest absolute Gasteiger partial charge is 0.237 e. The molecule has 0 amide bonds. The standard InChI is InChI=1S/C9H17N2/c1-3-5-6-11-8-7-10(4-2)9-11/h7-9H,3-6H2,1-2H3/q+1. The van der Waals surface area contributed by atoms with E-state index in [0.29, 0.717) is 0 Å². The van der Waals surface area contributed by atoms with Crippen molar-refractivity contribution in [3.63, 3.8) is 0 Å². The molecule has 0 radical (unpaired) electrons. The number of rotatable bonds is 4. The largest absolute Gasteiger partial charge is 0.243 e. The molecule has 1 aromatic heterocycles. The molecule has 0 aliphatic carbocycles. The van der Waals surface area contributed by atoms with Crippen LogP contribution < -0.4 is 4.57 Å². The average Bonchev–Trinajstić information content (AvgIpc) is 2.48. The third kappa shape index (κ3) is 2.37. The van der Waals surface area contributed by atoms with Crippen molar-refractivity contribution in [3.8, 4) is 0 Å². The van der Waals surface area contributed by atoms with Crippen LogP contribution in [0, 0.1) is 0 Å². The number of hydrogen-bond acceptors (Lipinski definition) is 0. The first-order valence-electron chi connectivity index (χ1n) is 4.41. The predicted molar refractivity (Wildman–Crippen MR) is 45.2 cm³/mol. The first kappa shape index (κ1) is 8.31. The number of imidazole rings is 1. The Labute approximate surface area is 68.5 Å². The minimum absolute atomic E-state index is 1.07. The van der Waals surface area contributed by atoms with Gasteiger partial charge in [-0.2, -0.15) is 0 Å². The fourth-order valence-corrected chi connectivity index (χ4v) is 1.10. The fraction of sp³-hybridized carbons (Fsp3) is 0.667. The molecule has 2 nitrogen and oxygen atoms in total. The highest BCUT2D eigenvalue weighted by Gasteiger charge is 1.98. The summed E-state index contributed by atoms with van der Waals surface area (Å²) < 4.78 is 4.43. The van der Waals surface area contributed by atoms with Gasteiger partial charge < -0.3 is 0 Å². The highest BCUT2D eigenvalue weighted by molar-refractivity contribution is 4.64. The second-order valence-corrected chi connectivity index (χ2v) is 2.84. The maximum absolute atomic E-state index is 2.24. The summed E-state index contributed by atoms with van der Waals surface area (Å²) in [5.41, 5.74) is 0. The molecule has 0 fully saturated rings. The van der Waals surface area contributed by atoms with Gasteiger partial charge in [-0.15, -0.1) is 0 Å². The van der Waals surface area contributed by atoms with Gasteiger partial charge in [0.05, 0.1) is 13.1 Å². The Kier molecular flexibility index (Phi) is 3.14. The lowest BCUT2D eigenvalue weighted by atomic mass is 10.3. The molecule has 0 atom stereocenters. The van der Waals surface area contributed by atoms with Crippen LogP contribution in [0.4, 0.5) is 0 Å². The Morgan fingerprint density at radius 3 is 2.73 bits per heavy atom. The van der Waals surface area contributed by atoms with E-state index in [0.717, 1.165) is 13.1 Å². The lowest BCUT2D eigenvalue weighted by molar-refractivity contribution is -0.696. The van der Waals surface area contributed by atoms with Crippen LogP contribution in [-0.2, 0) is 13.1 Å². The van der Waals surface area contributed by atoms with Crippen LogP contribution in [0.15, 0.2) is 18.7 Å². The van der Waals surface area contributed by atoms with Crippen LogP contribution in [-0.4, -0.2) is 4.57 Å². The zero-order chi connectivity index (χ0) is 8.10. The van der Waals surface area contributed by atoms with Crippen molar-refractivity contribution in [1.82, 2.24) is 4.57 Å². The molecule has 0 saturated heterocycles. The molecule has 62 valence electrons. The van der Waals surface area contributed by atoms with Gasteiger partial charge in [-0.05, 0) is 13.3 Å². The van der Waals surface area contributed by atoms with Crippen molar-refractivity contribution in [3.05, 3.63) is 18.7 Å². The second kappa shape index (κ2) is 4.16. The quantitative estimate of drug-likeness (QED) is 0.581. The van der Waals surface area contributed by atoms with Crippen LogP contribution in [0.2, 0.25) is 0 Å². The third-order valence-corrected chi connectivity index (χ3v) is 1.88. The maximum Gasteiger partial charge on any atom is 0.243 e. The summed E-state index contributed by atoms with van der Waals surface area (Å²) >= 11 is 0. The zero-order valence-corrected chi connectivity index (χ0v) is 7.45. The van der Waals surface area contributed by atoms with Gasteiger partial charge in [-0.25, -0.2) is 9.13 Å². The molecule has 0 saturated carbocycles. The summed E-state index contributed by atoms with van der Waals surface area (Å²) in [4.78, 5) is 0. The molecule has 0 bridgehead atoms. The Balaban J connectivity index is 2.44. The monoisotopic (exact) mass is 153 g/mol. The molecule has 0 aliphatic rings. The Morgan fingerprint density at radius 2 is 2.18 bits per heavy atom. The van der Waals surface area contributed by atoms with E-state index in [-0.39, 0.29) is 0 Å². The molecule has 1 aromatic rings. The molecule has 0 N–H and O–H groups in total. The second-order valence-electron chi connectivity index (χ2n) is 2.84. The minimum Gasteiger partial charge on any atom is -0.237 e. The predicted octanol–water partition coefficient (Wildman–Crippen LogP) is 1.60. The first-order valence-corrected chi connectivity index (χ1v) is 4.41. The van der Waals surface area contributed by atoms with Crippen LogP contribution in [0.5, 0.6) is 0 Å². The average molecular weight is 153 g/mol. The highest BCUT2D eigenvalue weighted by atomic mass is 15.1. The molecule has 2 heteroatoms. The first-order chi connectivity index (χ1) is 5.36. The van der Waals surface area contributed by atoms with Crippen molar-refractivity contribution < 1.29 is 4.57 Å². The van der Waals surface area contributed by atoms with Crippen LogP contribution in [0.25, 0.3) is 0 Å².